The van der Waals surface area contributed by atoms with Crippen LogP contribution in [0, 0.1) is 6.92 Å². The summed E-state index contributed by atoms with van der Waals surface area (Å²) in [5, 5.41) is 0. The van der Waals surface area contributed by atoms with Crippen molar-refractivity contribution in [2.24, 2.45) is 0 Å². The molecular formula is C8H7F5N2. The van der Waals surface area contributed by atoms with E-state index in [-0.39, 0.29) is 0 Å². The third kappa shape index (κ3) is 2.16. The predicted octanol–water partition coefficient (Wildman–Crippen LogP) is 2.93. The second kappa shape index (κ2) is 3.63. The smallest absolute Gasteiger partial charge is 0.398 e. The van der Waals surface area contributed by atoms with Crippen molar-refractivity contribution in [2.45, 2.75) is 19.5 Å². The Morgan fingerprint density at radius 1 is 1.33 bits per heavy atom. The second-order valence-corrected chi connectivity index (χ2v) is 2.89. The van der Waals surface area contributed by atoms with Gasteiger partial charge in [0, 0.05) is 6.20 Å². The number of anilines is 1. The van der Waals surface area contributed by atoms with E-state index in [4.69, 9.17) is 5.73 Å². The van der Waals surface area contributed by atoms with Crippen LogP contribution in [0.2, 0.25) is 0 Å². The Labute approximate surface area is 81.9 Å². The van der Waals surface area contributed by atoms with E-state index in [1.165, 1.54) is 0 Å². The Bertz CT molecular complexity index is 372. The molecule has 0 aliphatic rings. The number of hydrogen-bond donors (Lipinski definition) is 1. The monoisotopic (exact) mass is 226 g/mol. The number of pyridine rings is 1. The summed E-state index contributed by atoms with van der Waals surface area (Å²) in [5.41, 5.74) is 1.48. The van der Waals surface area contributed by atoms with Crippen LogP contribution in [0.5, 0.6) is 0 Å². The standard InChI is InChI=1S/C8H7F5N2/c1-3-5(8(11,12)13)6(14)4(2-15-3)7(9)10/h2,7H,1H3,(H2,14,15). The topological polar surface area (TPSA) is 38.9 Å². The minimum absolute atomic E-state index is 0.413. The molecule has 0 aliphatic carbocycles. The molecule has 0 atom stereocenters. The van der Waals surface area contributed by atoms with Gasteiger partial charge < -0.3 is 5.73 Å². The van der Waals surface area contributed by atoms with Gasteiger partial charge in [0.25, 0.3) is 6.43 Å². The molecule has 1 aromatic rings. The fourth-order valence-corrected chi connectivity index (χ4v) is 1.17. The maximum atomic E-state index is 12.4. The van der Waals surface area contributed by atoms with Crippen molar-refractivity contribution in [1.29, 1.82) is 0 Å². The van der Waals surface area contributed by atoms with E-state index in [1.807, 2.05) is 0 Å². The number of halogens is 5. The Morgan fingerprint density at radius 2 is 1.87 bits per heavy atom. The van der Waals surface area contributed by atoms with Crippen molar-refractivity contribution >= 4 is 5.69 Å². The van der Waals surface area contributed by atoms with Gasteiger partial charge in [-0.25, -0.2) is 8.78 Å². The summed E-state index contributed by atoms with van der Waals surface area (Å²) < 4.78 is 61.6. The van der Waals surface area contributed by atoms with Gasteiger partial charge in [-0.15, -0.1) is 0 Å². The lowest BCUT2D eigenvalue weighted by atomic mass is 10.1. The zero-order valence-electron chi connectivity index (χ0n) is 7.57. The van der Waals surface area contributed by atoms with Gasteiger partial charge in [-0.3, -0.25) is 4.98 Å². The molecule has 1 rings (SSSR count). The molecule has 0 aliphatic heterocycles. The van der Waals surface area contributed by atoms with Crippen LogP contribution in [0.15, 0.2) is 6.20 Å². The summed E-state index contributed by atoms with van der Waals surface area (Å²) in [7, 11) is 0. The Morgan fingerprint density at radius 3 is 2.27 bits per heavy atom. The molecule has 0 fully saturated rings. The molecule has 0 saturated heterocycles. The second-order valence-electron chi connectivity index (χ2n) is 2.89. The van der Waals surface area contributed by atoms with Crippen LogP contribution in [0.1, 0.15) is 23.2 Å². The number of rotatable bonds is 1. The normalized spacial score (nSPS) is 12.2. The molecule has 1 heterocycles. The average Bonchev–Trinajstić information content (AvgIpc) is 2.00. The lowest BCUT2D eigenvalue weighted by Crippen LogP contribution is -2.14. The number of aryl methyl sites for hydroxylation is 1. The highest BCUT2D eigenvalue weighted by Gasteiger charge is 2.37. The molecule has 0 spiro atoms. The van der Waals surface area contributed by atoms with E-state index < -0.39 is 35.1 Å². The maximum absolute atomic E-state index is 12.4. The van der Waals surface area contributed by atoms with Crippen LogP contribution in [-0.2, 0) is 6.18 Å². The van der Waals surface area contributed by atoms with Crippen LogP contribution < -0.4 is 5.73 Å². The van der Waals surface area contributed by atoms with Gasteiger partial charge in [0.1, 0.15) is 5.56 Å². The maximum Gasteiger partial charge on any atom is 0.420 e. The van der Waals surface area contributed by atoms with Gasteiger partial charge in [0.05, 0.1) is 16.9 Å². The third-order valence-electron chi connectivity index (χ3n) is 1.86. The molecule has 2 nitrogen and oxygen atoms in total. The van der Waals surface area contributed by atoms with Gasteiger partial charge in [-0.05, 0) is 6.92 Å². The summed E-state index contributed by atoms with van der Waals surface area (Å²) in [4.78, 5) is 3.25. The van der Waals surface area contributed by atoms with Gasteiger partial charge in [0.15, 0.2) is 0 Å². The molecule has 0 radical (unpaired) electrons. The summed E-state index contributed by atoms with van der Waals surface area (Å²) in [5.74, 6) is 0. The zero-order chi connectivity index (χ0) is 11.8. The van der Waals surface area contributed by atoms with Crippen molar-refractivity contribution < 1.29 is 22.0 Å². The van der Waals surface area contributed by atoms with Gasteiger partial charge >= 0.3 is 6.18 Å². The fraction of sp³-hybridized carbons (Fsp3) is 0.375. The molecule has 0 unspecified atom stereocenters. The molecule has 0 saturated carbocycles. The van der Waals surface area contributed by atoms with Crippen molar-refractivity contribution in [2.75, 3.05) is 5.73 Å². The molecular weight excluding hydrogens is 219 g/mol. The number of nitrogens with zero attached hydrogens (tertiary/aromatic N) is 1. The molecule has 2 N–H and O–H groups in total. The number of nitrogens with two attached hydrogens (primary N) is 1. The number of hydrogen-bond acceptors (Lipinski definition) is 2. The number of nitrogen functional groups attached to an aromatic ring is 1. The molecule has 7 heteroatoms. The van der Waals surface area contributed by atoms with Crippen LogP contribution in [0.4, 0.5) is 27.6 Å². The van der Waals surface area contributed by atoms with Crippen LogP contribution in [-0.4, -0.2) is 4.98 Å². The first-order valence-corrected chi connectivity index (χ1v) is 3.85. The van der Waals surface area contributed by atoms with Crippen LogP contribution in [0.25, 0.3) is 0 Å². The highest BCUT2D eigenvalue weighted by atomic mass is 19.4. The van der Waals surface area contributed by atoms with Crippen LogP contribution >= 0.6 is 0 Å². The molecule has 0 bridgehead atoms. The summed E-state index contributed by atoms with van der Waals surface area (Å²) >= 11 is 0. The summed E-state index contributed by atoms with van der Waals surface area (Å²) in [6.07, 6.45) is -7.18. The molecule has 84 valence electrons. The van der Waals surface area contributed by atoms with Crippen LogP contribution in [0.3, 0.4) is 0 Å². The Kier molecular flexibility index (Phi) is 2.83. The largest absolute Gasteiger partial charge is 0.420 e. The van der Waals surface area contributed by atoms with Crippen molar-refractivity contribution in [3.05, 3.63) is 23.0 Å². The minimum atomic E-state index is -4.77. The summed E-state index contributed by atoms with van der Waals surface area (Å²) in [6, 6.07) is 0. The average molecular weight is 226 g/mol. The third-order valence-corrected chi connectivity index (χ3v) is 1.86. The van der Waals surface area contributed by atoms with Gasteiger partial charge in [-0.1, -0.05) is 0 Å². The first-order chi connectivity index (χ1) is 6.75. The lowest BCUT2D eigenvalue weighted by molar-refractivity contribution is -0.137. The quantitative estimate of drug-likeness (QED) is 0.747. The number of aromatic nitrogens is 1. The fourth-order valence-electron chi connectivity index (χ4n) is 1.17. The predicted molar refractivity (Wildman–Crippen MR) is 43.3 cm³/mol. The van der Waals surface area contributed by atoms with Gasteiger partial charge in [-0.2, -0.15) is 13.2 Å². The zero-order valence-corrected chi connectivity index (χ0v) is 7.57. The highest BCUT2D eigenvalue weighted by Crippen LogP contribution is 2.38. The summed E-state index contributed by atoms with van der Waals surface area (Å²) in [6.45, 7) is 1.06. The molecule has 15 heavy (non-hydrogen) atoms. The van der Waals surface area contributed by atoms with E-state index >= 15 is 0 Å². The Balaban J connectivity index is 3.44. The van der Waals surface area contributed by atoms with E-state index in [1.54, 1.807) is 0 Å². The van der Waals surface area contributed by atoms with E-state index in [0.29, 0.717) is 6.20 Å². The number of alkyl halides is 5. The first-order valence-electron chi connectivity index (χ1n) is 3.85. The van der Waals surface area contributed by atoms with E-state index in [2.05, 4.69) is 4.98 Å². The molecule has 1 aromatic heterocycles. The van der Waals surface area contributed by atoms with E-state index in [9.17, 15) is 22.0 Å². The Hall–Kier alpha value is -1.40. The first kappa shape index (κ1) is 11.7. The lowest BCUT2D eigenvalue weighted by Gasteiger charge is -2.14. The SMILES string of the molecule is Cc1ncc(C(F)F)c(N)c1C(F)(F)F. The van der Waals surface area contributed by atoms with Crippen molar-refractivity contribution in [3.63, 3.8) is 0 Å². The highest BCUT2D eigenvalue weighted by molar-refractivity contribution is 5.56. The van der Waals surface area contributed by atoms with Crippen molar-refractivity contribution in [3.8, 4) is 0 Å². The minimum Gasteiger partial charge on any atom is -0.398 e. The van der Waals surface area contributed by atoms with Gasteiger partial charge in [0.2, 0.25) is 0 Å². The molecule has 0 amide bonds. The van der Waals surface area contributed by atoms with Crippen molar-refractivity contribution in [1.82, 2.24) is 4.98 Å². The molecule has 0 aromatic carbocycles. The van der Waals surface area contributed by atoms with E-state index in [0.717, 1.165) is 6.92 Å².